The van der Waals surface area contributed by atoms with E-state index in [-0.39, 0.29) is 0 Å². The van der Waals surface area contributed by atoms with Crippen molar-refractivity contribution in [1.29, 1.82) is 0 Å². The number of ether oxygens (including phenoxy) is 1. The summed E-state index contributed by atoms with van der Waals surface area (Å²) in [6, 6.07) is 9.72. The first-order chi connectivity index (χ1) is 7.83. The number of carbonyl (C=O) groups excluding carboxylic acids is 1. The van der Waals surface area contributed by atoms with Crippen LogP contribution in [0.4, 0.5) is 0 Å². The normalized spacial score (nSPS) is 10.1. The maximum atomic E-state index is 10.6. The Hall–Kier alpha value is -1.26. The van der Waals surface area contributed by atoms with E-state index in [0.29, 0.717) is 0 Å². The summed E-state index contributed by atoms with van der Waals surface area (Å²) >= 11 is 3.05. The van der Waals surface area contributed by atoms with Gasteiger partial charge in [-0.1, -0.05) is 23.9 Å². The summed E-state index contributed by atoms with van der Waals surface area (Å²) in [5.74, 6) is 0.853. The maximum Gasteiger partial charge on any atom is 0.160 e. The molecule has 0 unspecified atom stereocenters. The first kappa shape index (κ1) is 11.2. The van der Waals surface area contributed by atoms with Gasteiger partial charge in [-0.3, -0.25) is 4.79 Å². The lowest BCUT2D eigenvalue weighted by Crippen LogP contribution is -1.84. The van der Waals surface area contributed by atoms with E-state index in [4.69, 9.17) is 4.74 Å². The fourth-order valence-electron chi connectivity index (χ4n) is 1.28. The molecule has 0 aliphatic heterocycles. The van der Waals surface area contributed by atoms with Gasteiger partial charge in [0.25, 0.3) is 0 Å². The Bertz CT molecular complexity index is 491. The number of thiophene rings is 1. The Morgan fingerprint density at radius 2 is 2.19 bits per heavy atom. The molecule has 2 nitrogen and oxygen atoms in total. The molecule has 1 aromatic heterocycles. The number of hydrogen-bond acceptors (Lipinski definition) is 4. The molecule has 1 aromatic carbocycles. The van der Waals surface area contributed by atoms with Crippen molar-refractivity contribution in [2.75, 3.05) is 7.11 Å². The quantitative estimate of drug-likeness (QED) is 0.774. The smallest absolute Gasteiger partial charge is 0.160 e. The van der Waals surface area contributed by atoms with Gasteiger partial charge in [0.2, 0.25) is 0 Å². The van der Waals surface area contributed by atoms with Crippen molar-refractivity contribution >= 4 is 29.4 Å². The fourth-order valence-corrected chi connectivity index (χ4v) is 3.10. The van der Waals surface area contributed by atoms with E-state index in [1.807, 2.05) is 35.7 Å². The third kappa shape index (κ3) is 2.46. The van der Waals surface area contributed by atoms with E-state index in [1.54, 1.807) is 18.9 Å². The summed E-state index contributed by atoms with van der Waals surface area (Å²) in [6.45, 7) is 0. The Kier molecular flexibility index (Phi) is 3.64. The SMILES string of the molecule is COc1ccccc1Sc1csc(C=O)c1. The highest BCUT2D eigenvalue weighted by Crippen LogP contribution is 2.36. The van der Waals surface area contributed by atoms with Crippen molar-refractivity contribution in [2.24, 2.45) is 0 Å². The van der Waals surface area contributed by atoms with Gasteiger partial charge in [0.1, 0.15) is 5.75 Å². The van der Waals surface area contributed by atoms with Gasteiger partial charge in [-0.15, -0.1) is 11.3 Å². The Labute approximate surface area is 102 Å². The molecule has 0 aliphatic rings. The molecule has 0 amide bonds. The van der Waals surface area contributed by atoms with Crippen LogP contribution < -0.4 is 4.74 Å². The number of aldehydes is 1. The monoisotopic (exact) mass is 250 g/mol. The predicted molar refractivity (Wildman–Crippen MR) is 66.8 cm³/mol. The molecule has 16 heavy (non-hydrogen) atoms. The lowest BCUT2D eigenvalue weighted by Gasteiger charge is -2.05. The largest absolute Gasteiger partial charge is 0.496 e. The van der Waals surface area contributed by atoms with E-state index >= 15 is 0 Å². The van der Waals surface area contributed by atoms with Gasteiger partial charge in [0.05, 0.1) is 16.9 Å². The van der Waals surface area contributed by atoms with Crippen molar-refractivity contribution in [3.05, 3.63) is 40.6 Å². The molecule has 1 heterocycles. The Balaban J connectivity index is 2.22. The number of hydrogen-bond donors (Lipinski definition) is 0. The van der Waals surface area contributed by atoms with Crippen LogP contribution in [0.15, 0.2) is 45.5 Å². The molecule has 0 radical (unpaired) electrons. The van der Waals surface area contributed by atoms with Crippen molar-refractivity contribution in [2.45, 2.75) is 9.79 Å². The van der Waals surface area contributed by atoms with Crippen molar-refractivity contribution in [3.63, 3.8) is 0 Å². The minimum absolute atomic E-state index is 0.748. The van der Waals surface area contributed by atoms with Crippen LogP contribution in [0.25, 0.3) is 0 Å². The molecule has 0 N–H and O–H groups in total. The average molecular weight is 250 g/mol. The van der Waals surface area contributed by atoms with Gasteiger partial charge in [-0.25, -0.2) is 0 Å². The lowest BCUT2D eigenvalue weighted by atomic mass is 10.3. The van der Waals surface area contributed by atoms with E-state index < -0.39 is 0 Å². The maximum absolute atomic E-state index is 10.6. The van der Waals surface area contributed by atoms with Crippen LogP contribution in [-0.2, 0) is 0 Å². The number of benzene rings is 1. The summed E-state index contributed by atoms with van der Waals surface area (Å²) in [5, 5.41) is 1.97. The molecule has 0 saturated carbocycles. The molecule has 2 aromatic rings. The second-order valence-corrected chi connectivity index (χ2v) is 5.11. The molecule has 0 bridgehead atoms. The zero-order chi connectivity index (χ0) is 11.4. The zero-order valence-corrected chi connectivity index (χ0v) is 10.3. The summed E-state index contributed by atoms with van der Waals surface area (Å²) in [4.78, 5) is 13.4. The van der Waals surface area contributed by atoms with Gasteiger partial charge in [0.15, 0.2) is 6.29 Å². The van der Waals surface area contributed by atoms with Gasteiger partial charge in [-0.2, -0.15) is 0 Å². The summed E-state index contributed by atoms with van der Waals surface area (Å²) < 4.78 is 5.26. The molecule has 0 spiro atoms. The van der Waals surface area contributed by atoms with Crippen LogP contribution in [0, 0.1) is 0 Å². The standard InChI is InChI=1S/C12H10O2S2/c1-14-11-4-2-3-5-12(11)16-10-6-9(7-13)15-8-10/h2-8H,1H3. The highest BCUT2D eigenvalue weighted by atomic mass is 32.2. The Morgan fingerprint density at radius 3 is 2.88 bits per heavy atom. The average Bonchev–Trinajstić information content (AvgIpc) is 2.77. The van der Waals surface area contributed by atoms with Gasteiger partial charge in [0, 0.05) is 10.3 Å². The topological polar surface area (TPSA) is 26.3 Å². The molecule has 4 heteroatoms. The molecule has 2 rings (SSSR count). The summed E-state index contributed by atoms with van der Waals surface area (Å²) in [6.07, 6.45) is 0.872. The number of carbonyl (C=O) groups is 1. The van der Waals surface area contributed by atoms with E-state index in [2.05, 4.69) is 0 Å². The molecule has 82 valence electrons. The zero-order valence-electron chi connectivity index (χ0n) is 8.67. The van der Waals surface area contributed by atoms with Crippen molar-refractivity contribution in [1.82, 2.24) is 0 Å². The second kappa shape index (κ2) is 5.18. The molecular weight excluding hydrogens is 240 g/mol. The minimum atomic E-state index is 0.748. The second-order valence-electron chi connectivity index (χ2n) is 3.06. The van der Waals surface area contributed by atoms with Crippen LogP contribution in [0.3, 0.4) is 0 Å². The Morgan fingerprint density at radius 1 is 1.38 bits per heavy atom. The summed E-state index contributed by atoms with van der Waals surface area (Å²) in [5.41, 5.74) is 0. The van der Waals surface area contributed by atoms with Crippen LogP contribution >= 0.6 is 23.1 Å². The van der Waals surface area contributed by atoms with Crippen LogP contribution in [0.5, 0.6) is 5.75 Å². The predicted octanol–water partition coefficient (Wildman–Crippen LogP) is 3.72. The van der Waals surface area contributed by atoms with Gasteiger partial charge >= 0.3 is 0 Å². The third-order valence-electron chi connectivity index (χ3n) is 2.01. The fraction of sp³-hybridized carbons (Fsp3) is 0.0833. The first-order valence-corrected chi connectivity index (χ1v) is 6.37. The number of para-hydroxylation sites is 1. The van der Waals surface area contributed by atoms with E-state index in [0.717, 1.165) is 26.7 Å². The van der Waals surface area contributed by atoms with Crippen LogP contribution in [0.1, 0.15) is 9.67 Å². The summed E-state index contributed by atoms with van der Waals surface area (Å²) in [7, 11) is 1.66. The van der Waals surface area contributed by atoms with Gasteiger partial charge in [-0.05, 0) is 18.2 Å². The van der Waals surface area contributed by atoms with Gasteiger partial charge < -0.3 is 4.74 Å². The molecular formula is C12H10O2S2. The molecule has 0 atom stereocenters. The van der Waals surface area contributed by atoms with E-state index in [1.165, 1.54) is 11.3 Å². The molecule has 0 fully saturated rings. The van der Waals surface area contributed by atoms with Crippen LogP contribution in [-0.4, -0.2) is 13.4 Å². The lowest BCUT2D eigenvalue weighted by molar-refractivity contribution is 0.112. The first-order valence-electron chi connectivity index (χ1n) is 4.68. The third-order valence-corrected chi connectivity index (χ3v) is 4.04. The molecule has 0 aliphatic carbocycles. The number of methoxy groups -OCH3 is 1. The van der Waals surface area contributed by atoms with Crippen LogP contribution in [0.2, 0.25) is 0 Å². The number of rotatable bonds is 4. The highest BCUT2D eigenvalue weighted by Gasteiger charge is 2.05. The van der Waals surface area contributed by atoms with Crippen molar-refractivity contribution in [3.8, 4) is 5.75 Å². The highest BCUT2D eigenvalue weighted by molar-refractivity contribution is 7.99. The van der Waals surface area contributed by atoms with Crippen molar-refractivity contribution < 1.29 is 9.53 Å². The molecule has 0 saturated heterocycles. The van der Waals surface area contributed by atoms with E-state index in [9.17, 15) is 4.79 Å². The minimum Gasteiger partial charge on any atom is -0.496 e.